The Morgan fingerprint density at radius 3 is 2.62 bits per heavy atom. The summed E-state index contributed by atoms with van der Waals surface area (Å²) < 4.78 is 1.46. The first-order valence-corrected chi connectivity index (χ1v) is 10.2. The molecule has 0 saturated carbocycles. The van der Waals surface area contributed by atoms with Gasteiger partial charge in [0.25, 0.3) is 0 Å². The van der Waals surface area contributed by atoms with Gasteiger partial charge < -0.3 is 5.32 Å². The number of carbonyl (C=O) groups excluding carboxylic acids is 1. The lowest BCUT2D eigenvalue weighted by molar-refractivity contribution is -0.121. The fraction of sp³-hybridized carbons (Fsp3) is 0.292. The Hall–Kier alpha value is -3.21. The third-order valence-corrected chi connectivity index (χ3v) is 5.39. The number of aromatic nitrogens is 2. The van der Waals surface area contributed by atoms with Crippen LogP contribution in [0, 0.1) is 0 Å². The molecule has 0 radical (unpaired) electrons. The quantitative estimate of drug-likeness (QED) is 0.649. The molecule has 0 fully saturated rings. The van der Waals surface area contributed by atoms with E-state index >= 15 is 0 Å². The zero-order chi connectivity index (χ0) is 20.1. The number of carbonyl (C=O) groups is 1. The number of allylic oxidation sites excluding steroid dienone is 1. The van der Waals surface area contributed by atoms with Gasteiger partial charge in [-0.25, -0.2) is 4.79 Å². The summed E-state index contributed by atoms with van der Waals surface area (Å²) in [5.41, 5.74) is 3.27. The highest BCUT2D eigenvalue weighted by atomic mass is 16.2. The molecule has 0 bridgehead atoms. The van der Waals surface area contributed by atoms with Crippen molar-refractivity contribution >= 4 is 16.8 Å². The van der Waals surface area contributed by atoms with Crippen molar-refractivity contribution in [1.29, 1.82) is 0 Å². The predicted octanol–water partition coefficient (Wildman–Crippen LogP) is 4.07. The molecule has 1 aromatic heterocycles. The van der Waals surface area contributed by atoms with Crippen molar-refractivity contribution in [3.05, 3.63) is 76.7 Å². The van der Waals surface area contributed by atoms with E-state index in [4.69, 9.17) is 0 Å². The highest BCUT2D eigenvalue weighted by Crippen LogP contribution is 2.25. The summed E-state index contributed by atoms with van der Waals surface area (Å²) >= 11 is 0. The second-order valence-corrected chi connectivity index (χ2v) is 7.42. The van der Waals surface area contributed by atoms with E-state index in [9.17, 15) is 9.59 Å². The molecule has 1 aliphatic rings. The molecule has 3 aromatic rings. The van der Waals surface area contributed by atoms with E-state index < -0.39 is 5.69 Å². The summed E-state index contributed by atoms with van der Waals surface area (Å²) in [6.45, 7) is 0.577. The lowest BCUT2D eigenvalue weighted by Gasteiger charge is -2.14. The smallest absolute Gasteiger partial charge is 0.349 e. The van der Waals surface area contributed by atoms with Gasteiger partial charge in [0, 0.05) is 17.5 Å². The monoisotopic (exact) mass is 387 g/mol. The highest BCUT2D eigenvalue weighted by molar-refractivity contribution is 5.93. The van der Waals surface area contributed by atoms with Crippen LogP contribution in [0.15, 0.2) is 71.0 Å². The molecule has 4 rings (SSSR count). The largest absolute Gasteiger partial charge is 0.354 e. The van der Waals surface area contributed by atoms with Crippen LogP contribution in [0.2, 0.25) is 0 Å². The molecule has 1 N–H and O–H groups in total. The first-order valence-electron chi connectivity index (χ1n) is 10.2. The lowest BCUT2D eigenvalue weighted by Crippen LogP contribution is -2.34. The number of nitrogens with one attached hydrogen (secondary N) is 1. The zero-order valence-corrected chi connectivity index (χ0v) is 16.4. The van der Waals surface area contributed by atoms with E-state index in [0.29, 0.717) is 12.2 Å². The minimum Gasteiger partial charge on any atom is -0.354 e. The SMILES string of the molecule is O=C(Cn1c(=O)nc(-c2ccccc2)c2ccccc21)NCCC1=CCCCC1. The summed E-state index contributed by atoms with van der Waals surface area (Å²) in [4.78, 5) is 29.5. The van der Waals surface area contributed by atoms with E-state index in [0.717, 1.165) is 35.7 Å². The van der Waals surface area contributed by atoms with Crippen LogP contribution < -0.4 is 11.0 Å². The van der Waals surface area contributed by atoms with Gasteiger partial charge in [0.05, 0.1) is 11.2 Å². The predicted molar refractivity (Wildman–Crippen MR) is 116 cm³/mol. The number of benzene rings is 2. The van der Waals surface area contributed by atoms with Crippen molar-refractivity contribution in [1.82, 2.24) is 14.9 Å². The Kier molecular flexibility index (Phi) is 5.84. The Balaban J connectivity index is 1.55. The van der Waals surface area contributed by atoms with Crippen molar-refractivity contribution in [2.75, 3.05) is 6.54 Å². The summed E-state index contributed by atoms with van der Waals surface area (Å²) in [6.07, 6.45) is 7.94. The molecule has 5 nitrogen and oxygen atoms in total. The second kappa shape index (κ2) is 8.86. The van der Waals surface area contributed by atoms with Crippen molar-refractivity contribution in [2.45, 2.75) is 38.6 Å². The van der Waals surface area contributed by atoms with Gasteiger partial charge >= 0.3 is 5.69 Å². The van der Waals surface area contributed by atoms with Crippen LogP contribution in [0.5, 0.6) is 0 Å². The van der Waals surface area contributed by atoms with Gasteiger partial charge in [-0.3, -0.25) is 9.36 Å². The van der Waals surface area contributed by atoms with Gasteiger partial charge in [0.15, 0.2) is 0 Å². The molecule has 1 amide bonds. The van der Waals surface area contributed by atoms with Crippen LogP contribution in [0.25, 0.3) is 22.2 Å². The van der Waals surface area contributed by atoms with Crippen LogP contribution >= 0.6 is 0 Å². The lowest BCUT2D eigenvalue weighted by atomic mass is 9.97. The maximum Gasteiger partial charge on any atom is 0.349 e. The molecule has 0 saturated heterocycles. The van der Waals surface area contributed by atoms with Gasteiger partial charge in [0.1, 0.15) is 6.54 Å². The molecule has 1 aliphatic carbocycles. The number of nitrogens with zero attached hydrogens (tertiary/aromatic N) is 2. The van der Waals surface area contributed by atoms with Crippen molar-refractivity contribution in [3.63, 3.8) is 0 Å². The molecule has 1 heterocycles. The summed E-state index contributed by atoms with van der Waals surface area (Å²) in [6, 6.07) is 17.2. The van der Waals surface area contributed by atoms with Gasteiger partial charge in [-0.1, -0.05) is 60.2 Å². The molecule has 148 valence electrons. The van der Waals surface area contributed by atoms with Gasteiger partial charge in [-0.05, 0) is 38.2 Å². The standard InChI is InChI=1S/C24H25N3O2/c28-22(25-16-15-18-9-3-1-4-10-18)17-27-21-14-8-7-13-20(21)23(26-24(27)29)19-11-5-2-6-12-19/h2,5-9,11-14H,1,3-4,10,15-17H2,(H,25,28). The number of rotatable bonds is 6. The molecule has 2 aromatic carbocycles. The topological polar surface area (TPSA) is 64.0 Å². The number of fused-ring (bicyclic) bond motifs is 1. The minimum atomic E-state index is -0.410. The second-order valence-electron chi connectivity index (χ2n) is 7.42. The van der Waals surface area contributed by atoms with E-state index in [1.807, 2.05) is 54.6 Å². The average Bonchev–Trinajstić information content (AvgIpc) is 2.77. The highest BCUT2D eigenvalue weighted by Gasteiger charge is 2.14. The molecule has 0 aliphatic heterocycles. The number of hydrogen-bond acceptors (Lipinski definition) is 3. The van der Waals surface area contributed by atoms with Gasteiger partial charge in [-0.2, -0.15) is 4.98 Å². The van der Waals surface area contributed by atoms with E-state index in [1.165, 1.54) is 23.0 Å². The van der Waals surface area contributed by atoms with Crippen LogP contribution in [-0.2, 0) is 11.3 Å². The van der Waals surface area contributed by atoms with Crippen LogP contribution in [0.3, 0.4) is 0 Å². The zero-order valence-electron chi connectivity index (χ0n) is 16.4. The first-order chi connectivity index (χ1) is 14.2. The molecule has 29 heavy (non-hydrogen) atoms. The minimum absolute atomic E-state index is 0.0273. The molecule has 0 atom stereocenters. The first kappa shape index (κ1) is 19.1. The van der Waals surface area contributed by atoms with E-state index in [-0.39, 0.29) is 12.5 Å². The molecule has 0 unspecified atom stereocenters. The van der Waals surface area contributed by atoms with E-state index in [1.54, 1.807) is 0 Å². The normalized spacial score (nSPS) is 13.9. The Bertz CT molecular complexity index is 1100. The fourth-order valence-electron chi connectivity index (χ4n) is 3.89. The van der Waals surface area contributed by atoms with Crippen molar-refractivity contribution in [2.24, 2.45) is 0 Å². The fourth-order valence-corrected chi connectivity index (χ4v) is 3.89. The summed E-state index contributed by atoms with van der Waals surface area (Å²) in [5, 5.41) is 3.81. The third kappa shape index (κ3) is 4.45. The average molecular weight is 387 g/mol. The van der Waals surface area contributed by atoms with Crippen molar-refractivity contribution in [3.8, 4) is 11.3 Å². The Labute approximate surface area is 170 Å². The number of para-hydroxylation sites is 1. The number of amides is 1. The van der Waals surface area contributed by atoms with Gasteiger partial charge in [0.2, 0.25) is 5.91 Å². The maximum atomic E-state index is 12.7. The van der Waals surface area contributed by atoms with Crippen LogP contribution in [0.4, 0.5) is 0 Å². The van der Waals surface area contributed by atoms with E-state index in [2.05, 4.69) is 16.4 Å². The maximum absolute atomic E-state index is 12.7. The van der Waals surface area contributed by atoms with Gasteiger partial charge in [-0.15, -0.1) is 0 Å². The van der Waals surface area contributed by atoms with Crippen LogP contribution in [-0.4, -0.2) is 22.0 Å². The molecule has 0 spiro atoms. The molecular formula is C24H25N3O2. The molecule has 5 heteroatoms. The number of hydrogen-bond donors (Lipinski definition) is 1. The third-order valence-electron chi connectivity index (χ3n) is 5.39. The van der Waals surface area contributed by atoms with Crippen molar-refractivity contribution < 1.29 is 4.79 Å². The van der Waals surface area contributed by atoms with Crippen LogP contribution in [0.1, 0.15) is 32.1 Å². The summed E-state index contributed by atoms with van der Waals surface area (Å²) in [5.74, 6) is -0.164. The Morgan fingerprint density at radius 1 is 1.03 bits per heavy atom. The molecular weight excluding hydrogens is 362 g/mol. The summed E-state index contributed by atoms with van der Waals surface area (Å²) in [7, 11) is 0. The Morgan fingerprint density at radius 2 is 1.83 bits per heavy atom.